The molecule has 0 aromatic heterocycles. The summed E-state index contributed by atoms with van der Waals surface area (Å²) >= 11 is 3.39. The molecule has 74 valence electrons. The van der Waals surface area contributed by atoms with Crippen molar-refractivity contribution in [3.05, 3.63) is 28.2 Å². The van der Waals surface area contributed by atoms with E-state index >= 15 is 0 Å². The van der Waals surface area contributed by atoms with Crippen molar-refractivity contribution in [2.45, 2.75) is 12.8 Å². The van der Waals surface area contributed by atoms with Crippen molar-refractivity contribution in [3.8, 4) is 5.75 Å². The average molecular weight is 256 g/mol. The molecule has 0 atom stereocenters. The lowest BCUT2D eigenvalue weighted by Crippen LogP contribution is -2.03. The highest BCUT2D eigenvalue weighted by atomic mass is 79.9. The zero-order valence-electron chi connectivity index (χ0n) is 7.53. The molecule has 0 amide bonds. The van der Waals surface area contributed by atoms with E-state index in [-0.39, 0.29) is 0 Å². The highest BCUT2D eigenvalue weighted by Crippen LogP contribution is 2.26. The van der Waals surface area contributed by atoms with Crippen LogP contribution in [0, 0.1) is 0 Å². The number of ether oxygens (including phenoxy) is 1. The molecule has 1 heterocycles. The molecule has 0 unspecified atom stereocenters. The summed E-state index contributed by atoms with van der Waals surface area (Å²) in [7, 11) is 0. The van der Waals surface area contributed by atoms with Gasteiger partial charge in [0.1, 0.15) is 5.75 Å². The summed E-state index contributed by atoms with van der Waals surface area (Å²) in [6.07, 6.45) is 1.35. The maximum Gasteiger partial charge on any atom is 0.124 e. The molecule has 14 heavy (non-hydrogen) atoms. The van der Waals surface area contributed by atoms with E-state index in [1.54, 1.807) is 0 Å². The van der Waals surface area contributed by atoms with Crippen molar-refractivity contribution in [2.75, 3.05) is 6.61 Å². The van der Waals surface area contributed by atoms with Gasteiger partial charge in [0.05, 0.1) is 12.3 Å². The van der Waals surface area contributed by atoms with Gasteiger partial charge in [0.2, 0.25) is 0 Å². The van der Waals surface area contributed by atoms with Gasteiger partial charge in [-0.3, -0.25) is 0 Å². The zero-order chi connectivity index (χ0) is 9.97. The molecule has 1 aliphatic rings. The number of nitrogens with zero attached hydrogens (tertiary/aromatic N) is 1. The summed E-state index contributed by atoms with van der Waals surface area (Å²) in [5.41, 5.74) is 1.84. The van der Waals surface area contributed by atoms with Crippen molar-refractivity contribution >= 4 is 21.6 Å². The van der Waals surface area contributed by atoms with Gasteiger partial charge >= 0.3 is 0 Å². The van der Waals surface area contributed by atoms with E-state index in [1.165, 1.54) is 0 Å². The first-order valence-corrected chi connectivity index (χ1v) is 5.20. The summed E-state index contributed by atoms with van der Waals surface area (Å²) in [5, 5.41) is 12.0. The van der Waals surface area contributed by atoms with E-state index in [1.807, 2.05) is 18.2 Å². The van der Waals surface area contributed by atoms with Crippen LogP contribution in [0.25, 0.3) is 0 Å². The first-order valence-electron chi connectivity index (χ1n) is 4.40. The molecule has 2 rings (SSSR count). The van der Waals surface area contributed by atoms with Crippen LogP contribution in [0.2, 0.25) is 0 Å². The van der Waals surface area contributed by atoms with Gasteiger partial charge in [-0.05, 0) is 17.7 Å². The quantitative estimate of drug-likeness (QED) is 0.572. The highest BCUT2D eigenvalue weighted by Gasteiger charge is 2.13. The molecule has 0 aliphatic carbocycles. The topological polar surface area (TPSA) is 41.8 Å². The fourth-order valence-electron chi connectivity index (χ4n) is 1.48. The third kappa shape index (κ3) is 1.90. The van der Waals surface area contributed by atoms with Gasteiger partial charge in [-0.1, -0.05) is 27.2 Å². The van der Waals surface area contributed by atoms with Crippen molar-refractivity contribution in [1.82, 2.24) is 0 Å². The largest absolute Gasteiger partial charge is 0.493 e. The Labute approximate surface area is 90.5 Å². The maximum absolute atomic E-state index is 8.72. The minimum atomic E-state index is 0.572. The number of rotatable bonds is 0. The first kappa shape index (κ1) is 9.52. The Balaban J connectivity index is 2.37. The Hall–Kier alpha value is -1.03. The molecule has 0 saturated carbocycles. The van der Waals surface area contributed by atoms with Gasteiger partial charge in [0, 0.05) is 17.3 Å². The van der Waals surface area contributed by atoms with Crippen LogP contribution in [-0.4, -0.2) is 17.5 Å². The number of benzene rings is 1. The molecule has 1 aliphatic heterocycles. The summed E-state index contributed by atoms with van der Waals surface area (Å²) in [6, 6.07) is 5.88. The lowest BCUT2D eigenvalue weighted by molar-refractivity contribution is 0.309. The van der Waals surface area contributed by atoms with Crippen molar-refractivity contribution in [2.24, 2.45) is 5.16 Å². The molecule has 4 heteroatoms. The van der Waals surface area contributed by atoms with Crippen LogP contribution in [0.15, 0.2) is 27.8 Å². The number of fused-ring (bicyclic) bond motifs is 1. The number of oxime groups is 1. The van der Waals surface area contributed by atoms with Crippen molar-refractivity contribution in [3.63, 3.8) is 0 Å². The maximum atomic E-state index is 8.72. The van der Waals surface area contributed by atoms with Crippen LogP contribution in [0.5, 0.6) is 5.75 Å². The number of hydrogen-bond acceptors (Lipinski definition) is 3. The zero-order valence-corrected chi connectivity index (χ0v) is 9.12. The van der Waals surface area contributed by atoms with Crippen LogP contribution in [0.3, 0.4) is 0 Å². The fourth-order valence-corrected chi connectivity index (χ4v) is 1.82. The second-order valence-electron chi connectivity index (χ2n) is 3.19. The molecule has 1 aromatic carbocycles. The number of hydrogen-bond donors (Lipinski definition) is 1. The molecular weight excluding hydrogens is 246 g/mol. The van der Waals surface area contributed by atoms with Crippen molar-refractivity contribution < 1.29 is 9.94 Å². The van der Waals surface area contributed by atoms with Crippen LogP contribution >= 0.6 is 15.9 Å². The van der Waals surface area contributed by atoms with Gasteiger partial charge in [0.15, 0.2) is 0 Å². The third-order valence-electron chi connectivity index (χ3n) is 2.21. The minimum Gasteiger partial charge on any atom is -0.493 e. The second kappa shape index (κ2) is 4.00. The standard InChI is InChI=1S/C10H10BrNO2/c11-8-2-1-7-5-9(12-13)3-4-14-10(7)6-8/h1-2,6,13H,3-5H2/b12-9-. The summed E-state index contributed by atoms with van der Waals surface area (Å²) in [4.78, 5) is 0. The van der Waals surface area contributed by atoms with E-state index in [9.17, 15) is 0 Å². The second-order valence-corrected chi connectivity index (χ2v) is 4.11. The van der Waals surface area contributed by atoms with Gasteiger partial charge in [-0.2, -0.15) is 0 Å². The van der Waals surface area contributed by atoms with E-state index in [0.29, 0.717) is 19.4 Å². The predicted molar refractivity (Wildman–Crippen MR) is 57.2 cm³/mol. The van der Waals surface area contributed by atoms with E-state index in [4.69, 9.17) is 9.94 Å². The summed E-state index contributed by atoms with van der Waals surface area (Å²) in [5.74, 6) is 0.873. The molecule has 0 bridgehead atoms. The van der Waals surface area contributed by atoms with Crippen LogP contribution in [-0.2, 0) is 6.42 Å². The predicted octanol–water partition coefficient (Wildman–Crippen LogP) is 2.60. The molecule has 0 saturated heterocycles. The Morgan fingerprint density at radius 1 is 1.43 bits per heavy atom. The van der Waals surface area contributed by atoms with Gasteiger partial charge in [-0.15, -0.1) is 0 Å². The monoisotopic (exact) mass is 255 g/mol. The summed E-state index contributed by atoms with van der Waals surface area (Å²) < 4.78 is 6.54. The lowest BCUT2D eigenvalue weighted by atomic mass is 10.1. The highest BCUT2D eigenvalue weighted by molar-refractivity contribution is 9.10. The summed E-state index contributed by atoms with van der Waals surface area (Å²) in [6.45, 7) is 0.572. The van der Waals surface area contributed by atoms with Gasteiger partial charge in [0.25, 0.3) is 0 Å². The molecule has 0 fully saturated rings. The molecular formula is C10H10BrNO2. The van der Waals surface area contributed by atoms with Gasteiger partial charge in [-0.25, -0.2) is 0 Å². The Kier molecular flexibility index (Phi) is 2.72. The van der Waals surface area contributed by atoms with Gasteiger partial charge < -0.3 is 9.94 Å². The number of halogens is 1. The van der Waals surface area contributed by atoms with Crippen LogP contribution in [0.4, 0.5) is 0 Å². The third-order valence-corrected chi connectivity index (χ3v) is 2.71. The van der Waals surface area contributed by atoms with Crippen LogP contribution in [0.1, 0.15) is 12.0 Å². The molecule has 3 nitrogen and oxygen atoms in total. The molecule has 0 spiro atoms. The molecule has 1 aromatic rings. The van der Waals surface area contributed by atoms with E-state index in [2.05, 4.69) is 21.1 Å². The lowest BCUT2D eigenvalue weighted by Gasteiger charge is -2.05. The SMILES string of the molecule is O/N=C1/CCOc2cc(Br)ccc2C1. The van der Waals surface area contributed by atoms with Crippen LogP contribution < -0.4 is 4.74 Å². The first-order chi connectivity index (χ1) is 6.79. The smallest absolute Gasteiger partial charge is 0.124 e. The normalized spacial score (nSPS) is 18.5. The van der Waals surface area contributed by atoms with E-state index in [0.717, 1.165) is 21.5 Å². The van der Waals surface area contributed by atoms with E-state index < -0.39 is 0 Å². The Morgan fingerprint density at radius 3 is 3.07 bits per heavy atom. The Morgan fingerprint density at radius 2 is 2.29 bits per heavy atom. The van der Waals surface area contributed by atoms with Crippen molar-refractivity contribution in [1.29, 1.82) is 0 Å². The Bertz CT molecular complexity index is 376. The fraction of sp³-hybridized carbons (Fsp3) is 0.300. The molecule has 0 radical (unpaired) electrons. The minimum absolute atomic E-state index is 0.572. The average Bonchev–Trinajstić information content (AvgIpc) is 2.38. The molecule has 1 N–H and O–H groups in total.